The van der Waals surface area contributed by atoms with Gasteiger partial charge in [-0.15, -0.1) is 0 Å². The summed E-state index contributed by atoms with van der Waals surface area (Å²) in [5.74, 6) is 0.582. The molecule has 0 saturated carbocycles. The quantitative estimate of drug-likeness (QED) is 0.717. The first-order valence-electron chi connectivity index (χ1n) is 10.1. The molecule has 1 aromatic carbocycles. The number of piperidine rings is 1. The summed E-state index contributed by atoms with van der Waals surface area (Å²) >= 11 is 0. The fraction of sp³-hybridized carbons (Fsp3) is 0.348. The molecule has 4 rings (SSSR count). The summed E-state index contributed by atoms with van der Waals surface area (Å²) in [5.41, 5.74) is 4.56. The molecule has 6 nitrogen and oxygen atoms in total. The van der Waals surface area contributed by atoms with Crippen molar-refractivity contribution in [1.82, 2.24) is 19.7 Å². The fourth-order valence-corrected chi connectivity index (χ4v) is 4.13. The number of nitrogens with one attached hydrogen (secondary N) is 1. The Balaban J connectivity index is 1.37. The van der Waals surface area contributed by atoms with Gasteiger partial charge in [-0.2, -0.15) is 5.10 Å². The van der Waals surface area contributed by atoms with E-state index in [2.05, 4.69) is 52.3 Å². The largest absolute Gasteiger partial charge is 0.307 e. The third-order valence-electron chi connectivity index (χ3n) is 5.43. The first kappa shape index (κ1) is 19.3. The van der Waals surface area contributed by atoms with Crippen LogP contribution in [0.2, 0.25) is 0 Å². The van der Waals surface area contributed by atoms with Crippen LogP contribution in [0.1, 0.15) is 45.9 Å². The summed E-state index contributed by atoms with van der Waals surface area (Å²) in [6.07, 6.45) is 7.01. The number of pyridine rings is 1. The fourth-order valence-electron chi connectivity index (χ4n) is 4.13. The van der Waals surface area contributed by atoms with E-state index in [4.69, 9.17) is 0 Å². The molecule has 1 aliphatic rings. The average Bonchev–Trinajstić information content (AvgIpc) is 3.16. The van der Waals surface area contributed by atoms with Crippen LogP contribution in [0.3, 0.4) is 0 Å². The molecule has 6 heteroatoms. The van der Waals surface area contributed by atoms with Crippen LogP contribution in [-0.2, 0) is 6.54 Å². The summed E-state index contributed by atoms with van der Waals surface area (Å²) < 4.78 is 1.96. The van der Waals surface area contributed by atoms with Gasteiger partial charge in [-0.05, 0) is 44.4 Å². The highest BCUT2D eigenvalue weighted by atomic mass is 16.1. The lowest BCUT2D eigenvalue weighted by atomic mass is 10.0. The molecule has 0 unspecified atom stereocenters. The Morgan fingerprint density at radius 1 is 1.10 bits per heavy atom. The standard InChI is InChI=1S/C23H27N5O/c1-17-12-18(2)14-19(13-17)16-27-10-6-21(7-11-27)28-22(5-9-25-28)26-23(29)20-4-3-8-24-15-20/h3-5,8-9,12-15,21H,6-7,10-11,16H2,1-2H3,(H,26,29). The Bertz CT molecular complexity index is 954. The summed E-state index contributed by atoms with van der Waals surface area (Å²) in [6.45, 7) is 7.34. The van der Waals surface area contributed by atoms with Gasteiger partial charge in [-0.25, -0.2) is 4.68 Å². The predicted octanol–water partition coefficient (Wildman–Crippen LogP) is 3.98. The van der Waals surface area contributed by atoms with Crippen molar-refractivity contribution in [3.8, 4) is 0 Å². The van der Waals surface area contributed by atoms with Gasteiger partial charge < -0.3 is 5.32 Å². The van der Waals surface area contributed by atoms with Crippen LogP contribution in [-0.4, -0.2) is 38.7 Å². The molecule has 29 heavy (non-hydrogen) atoms. The van der Waals surface area contributed by atoms with Crippen molar-refractivity contribution < 1.29 is 4.79 Å². The molecule has 2 aromatic heterocycles. The second kappa shape index (κ2) is 8.57. The van der Waals surface area contributed by atoms with Crippen molar-refractivity contribution in [2.45, 2.75) is 39.3 Å². The number of amides is 1. The minimum absolute atomic E-state index is 0.160. The number of carbonyl (C=O) groups excluding carboxylic acids is 1. The van der Waals surface area contributed by atoms with E-state index in [1.54, 1.807) is 30.7 Å². The van der Waals surface area contributed by atoms with Crippen molar-refractivity contribution in [3.63, 3.8) is 0 Å². The summed E-state index contributed by atoms with van der Waals surface area (Å²) in [7, 11) is 0. The smallest absolute Gasteiger partial charge is 0.258 e. The van der Waals surface area contributed by atoms with Crippen molar-refractivity contribution in [2.75, 3.05) is 18.4 Å². The highest BCUT2D eigenvalue weighted by Gasteiger charge is 2.23. The number of rotatable bonds is 5. The normalized spacial score (nSPS) is 15.4. The predicted molar refractivity (Wildman–Crippen MR) is 114 cm³/mol. The Labute approximate surface area is 171 Å². The second-order valence-corrected chi connectivity index (χ2v) is 7.86. The molecule has 0 aliphatic carbocycles. The van der Waals surface area contributed by atoms with Crippen LogP contribution in [0.15, 0.2) is 55.0 Å². The highest BCUT2D eigenvalue weighted by molar-refractivity contribution is 6.03. The third-order valence-corrected chi connectivity index (χ3v) is 5.43. The number of aromatic nitrogens is 3. The van der Waals surface area contributed by atoms with E-state index in [-0.39, 0.29) is 5.91 Å². The molecular weight excluding hydrogens is 362 g/mol. The van der Waals surface area contributed by atoms with Gasteiger partial charge in [0, 0.05) is 38.1 Å². The second-order valence-electron chi connectivity index (χ2n) is 7.86. The van der Waals surface area contributed by atoms with Crippen LogP contribution in [0.25, 0.3) is 0 Å². The summed E-state index contributed by atoms with van der Waals surface area (Å²) in [4.78, 5) is 19.0. The van der Waals surface area contributed by atoms with Crippen LogP contribution in [0.5, 0.6) is 0 Å². The molecule has 150 valence electrons. The minimum Gasteiger partial charge on any atom is -0.307 e. The molecular formula is C23H27N5O. The Morgan fingerprint density at radius 3 is 2.55 bits per heavy atom. The van der Waals surface area contributed by atoms with E-state index in [0.29, 0.717) is 11.6 Å². The third kappa shape index (κ3) is 4.71. The number of carbonyl (C=O) groups is 1. The Kier molecular flexibility index (Phi) is 5.71. The lowest BCUT2D eigenvalue weighted by Gasteiger charge is -2.32. The lowest BCUT2D eigenvalue weighted by Crippen LogP contribution is -2.35. The van der Waals surface area contributed by atoms with Crippen molar-refractivity contribution in [1.29, 1.82) is 0 Å². The van der Waals surface area contributed by atoms with E-state index < -0.39 is 0 Å². The number of nitrogens with zero attached hydrogens (tertiary/aromatic N) is 4. The van der Waals surface area contributed by atoms with Crippen LogP contribution >= 0.6 is 0 Å². The highest BCUT2D eigenvalue weighted by Crippen LogP contribution is 2.26. The number of benzene rings is 1. The van der Waals surface area contributed by atoms with Crippen molar-refractivity contribution in [2.24, 2.45) is 0 Å². The zero-order valence-electron chi connectivity index (χ0n) is 17.0. The van der Waals surface area contributed by atoms with E-state index in [1.165, 1.54) is 16.7 Å². The topological polar surface area (TPSA) is 63.1 Å². The molecule has 1 saturated heterocycles. The first-order chi connectivity index (χ1) is 14.1. The number of aryl methyl sites for hydroxylation is 2. The van der Waals surface area contributed by atoms with Crippen molar-refractivity contribution >= 4 is 11.7 Å². The molecule has 3 aromatic rings. The van der Waals surface area contributed by atoms with Gasteiger partial charge in [0.1, 0.15) is 5.82 Å². The number of hydrogen-bond donors (Lipinski definition) is 1. The van der Waals surface area contributed by atoms with E-state index in [0.717, 1.165) is 38.3 Å². The maximum absolute atomic E-state index is 12.5. The lowest BCUT2D eigenvalue weighted by molar-refractivity contribution is 0.102. The molecule has 1 N–H and O–H groups in total. The van der Waals surface area contributed by atoms with Gasteiger partial charge in [-0.3, -0.25) is 14.7 Å². The number of likely N-dealkylation sites (tertiary alicyclic amines) is 1. The van der Waals surface area contributed by atoms with Gasteiger partial charge in [0.05, 0.1) is 17.8 Å². The van der Waals surface area contributed by atoms with Gasteiger partial charge in [0.15, 0.2) is 0 Å². The molecule has 0 spiro atoms. The maximum atomic E-state index is 12.5. The monoisotopic (exact) mass is 389 g/mol. The molecule has 0 atom stereocenters. The van der Waals surface area contributed by atoms with Crippen LogP contribution in [0.4, 0.5) is 5.82 Å². The molecule has 3 heterocycles. The Morgan fingerprint density at radius 2 is 1.86 bits per heavy atom. The van der Waals surface area contributed by atoms with Gasteiger partial charge in [0.2, 0.25) is 0 Å². The summed E-state index contributed by atoms with van der Waals surface area (Å²) in [6, 6.07) is 12.4. The van der Waals surface area contributed by atoms with Gasteiger partial charge in [-0.1, -0.05) is 29.3 Å². The van der Waals surface area contributed by atoms with E-state index in [1.807, 2.05) is 10.7 Å². The van der Waals surface area contributed by atoms with E-state index >= 15 is 0 Å². The molecule has 0 radical (unpaired) electrons. The molecule has 1 aliphatic heterocycles. The first-order valence-corrected chi connectivity index (χ1v) is 10.1. The average molecular weight is 390 g/mol. The van der Waals surface area contributed by atoms with Crippen LogP contribution in [0, 0.1) is 13.8 Å². The zero-order valence-corrected chi connectivity index (χ0v) is 17.0. The number of hydrogen-bond acceptors (Lipinski definition) is 4. The Hall–Kier alpha value is -2.99. The molecule has 1 amide bonds. The van der Waals surface area contributed by atoms with Gasteiger partial charge in [0.25, 0.3) is 5.91 Å². The maximum Gasteiger partial charge on any atom is 0.258 e. The van der Waals surface area contributed by atoms with Gasteiger partial charge >= 0.3 is 0 Å². The minimum atomic E-state index is -0.160. The molecule has 0 bridgehead atoms. The number of anilines is 1. The summed E-state index contributed by atoms with van der Waals surface area (Å²) in [5, 5.41) is 7.46. The zero-order chi connectivity index (χ0) is 20.2. The molecule has 1 fully saturated rings. The SMILES string of the molecule is Cc1cc(C)cc(CN2CCC(n3nccc3NC(=O)c3cccnc3)CC2)c1. The van der Waals surface area contributed by atoms with Crippen molar-refractivity contribution in [3.05, 3.63) is 77.2 Å². The van der Waals surface area contributed by atoms with E-state index in [9.17, 15) is 4.79 Å². The van der Waals surface area contributed by atoms with Crippen LogP contribution < -0.4 is 5.32 Å².